The molecule has 0 spiro atoms. The van der Waals surface area contributed by atoms with Crippen LogP contribution in [0.25, 0.3) is 4.85 Å². The lowest BCUT2D eigenvalue weighted by atomic mass is 10.2. The fourth-order valence-electron chi connectivity index (χ4n) is 0.848. The van der Waals surface area contributed by atoms with Crippen LogP contribution in [0.1, 0.15) is 5.56 Å². The number of alkyl halides is 3. The van der Waals surface area contributed by atoms with Gasteiger partial charge < -0.3 is 5.73 Å². The van der Waals surface area contributed by atoms with Crippen LogP contribution in [-0.2, 0) is 6.18 Å². The minimum absolute atomic E-state index is 0.366. The van der Waals surface area contributed by atoms with Crippen LogP contribution in [-0.4, -0.2) is 4.98 Å². The van der Waals surface area contributed by atoms with E-state index >= 15 is 0 Å². The van der Waals surface area contributed by atoms with E-state index in [1.807, 2.05) is 0 Å². The lowest BCUT2D eigenvalue weighted by molar-refractivity contribution is -0.136. The van der Waals surface area contributed by atoms with Crippen molar-refractivity contribution >= 4 is 23.1 Å². The fourth-order valence-corrected chi connectivity index (χ4v) is 1.09. The zero-order valence-electron chi connectivity index (χ0n) is 6.56. The van der Waals surface area contributed by atoms with Gasteiger partial charge in [0, 0.05) is 0 Å². The number of nitrogens with zero attached hydrogens (tertiary/aromatic N) is 2. The Morgan fingerprint density at radius 3 is 2.50 bits per heavy atom. The Bertz CT molecular complexity index is 408. The molecule has 0 saturated carbocycles. The largest absolute Gasteiger partial charge is 0.407 e. The van der Waals surface area contributed by atoms with E-state index < -0.39 is 22.6 Å². The molecule has 0 amide bonds. The first-order chi connectivity index (χ1) is 6.36. The van der Waals surface area contributed by atoms with E-state index in [1.54, 1.807) is 0 Å². The van der Waals surface area contributed by atoms with E-state index in [4.69, 9.17) is 23.9 Å². The topological polar surface area (TPSA) is 43.3 Å². The Labute approximate surface area is 82.1 Å². The minimum atomic E-state index is -4.65. The number of halogens is 4. The zero-order valence-corrected chi connectivity index (χ0v) is 7.32. The summed E-state index contributed by atoms with van der Waals surface area (Å²) in [7, 11) is 0. The number of hydrogen-bond acceptors (Lipinski definition) is 2. The Balaban J connectivity index is 3.50. The van der Waals surface area contributed by atoms with Crippen LogP contribution in [0.15, 0.2) is 6.07 Å². The molecule has 0 aromatic carbocycles. The molecule has 74 valence electrons. The maximum atomic E-state index is 12.3. The minimum Gasteiger partial charge on any atom is -0.384 e. The average Bonchev–Trinajstić information content (AvgIpc) is 2.01. The molecule has 1 aromatic rings. The van der Waals surface area contributed by atoms with Crippen LogP contribution in [0.3, 0.4) is 0 Å². The van der Waals surface area contributed by atoms with Gasteiger partial charge >= 0.3 is 6.18 Å². The predicted molar refractivity (Wildman–Crippen MR) is 44.9 cm³/mol. The van der Waals surface area contributed by atoms with E-state index in [0.717, 1.165) is 0 Å². The number of nitrogens with two attached hydrogens (primary N) is 1. The highest BCUT2D eigenvalue weighted by molar-refractivity contribution is 6.32. The molecule has 0 saturated heterocycles. The molecule has 0 radical (unpaired) electrons. The summed E-state index contributed by atoms with van der Waals surface area (Å²) < 4.78 is 36.9. The Hall–Kier alpha value is -1.48. The molecule has 0 aliphatic carbocycles. The molecule has 0 unspecified atom stereocenters. The fraction of sp³-hybridized carbons (Fsp3) is 0.143. The summed E-state index contributed by atoms with van der Waals surface area (Å²) in [6.45, 7) is 6.54. The van der Waals surface area contributed by atoms with Crippen LogP contribution < -0.4 is 5.73 Å². The second-order valence-corrected chi connectivity index (χ2v) is 2.70. The van der Waals surface area contributed by atoms with Gasteiger partial charge in [-0.15, -0.1) is 0 Å². The third-order valence-corrected chi connectivity index (χ3v) is 1.65. The molecule has 0 aliphatic heterocycles. The van der Waals surface area contributed by atoms with Gasteiger partial charge in [0.15, 0.2) is 0 Å². The molecule has 1 heterocycles. The van der Waals surface area contributed by atoms with Crippen molar-refractivity contribution < 1.29 is 13.2 Å². The summed E-state index contributed by atoms with van der Waals surface area (Å²) >= 11 is 5.34. The maximum Gasteiger partial charge on any atom is 0.407 e. The molecular weight excluding hydrogens is 219 g/mol. The number of hydrogen-bond donors (Lipinski definition) is 1. The van der Waals surface area contributed by atoms with Crippen LogP contribution in [0.4, 0.5) is 24.7 Å². The molecule has 1 rings (SSSR count). The quantitative estimate of drug-likeness (QED) is 0.541. The standard InChI is InChI=1S/C7H3ClF3N3/c1-13-5-3(7(9,10)11)2-4(12)14-6(5)8/h2H,(H2,12,14). The Morgan fingerprint density at radius 1 is 1.50 bits per heavy atom. The molecule has 0 atom stereocenters. The summed E-state index contributed by atoms with van der Waals surface area (Å²) in [5, 5.41) is -0.535. The SMILES string of the molecule is [C-]#[N+]c1c(C(F)(F)F)cc(N)nc1Cl. The lowest BCUT2D eigenvalue weighted by Crippen LogP contribution is -2.07. The molecule has 7 heteroatoms. The van der Waals surface area contributed by atoms with Gasteiger partial charge in [-0.3, -0.25) is 0 Å². The van der Waals surface area contributed by atoms with E-state index in [9.17, 15) is 13.2 Å². The number of anilines is 1. The summed E-state index contributed by atoms with van der Waals surface area (Å²) in [5.41, 5.74) is 3.19. The van der Waals surface area contributed by atoms with Crippen LogP contribution in [0.5, 0.6) is 0 Å². The number of nitrogen functional groups attached to an aromatic ring is 1. The van der Waals surface area contributed by atoms with Crippen LogP contribution >= 0.6 is 11.6 Å². The van der Waals surface area contributed by atoms with Gasteiger partial charge in [0.05, 0.1) is 12.1 Å². The molecule has 0 aliphatic rings. The van der Waals surface area contributed by atoms with E-state index in [2.05, 4.69) is 9.83 Å². The third-order valence-electron chi connectivity index (χ3n) is 1.39. The van der Waals surface area contributed by atoms with Gasteiger partial charge in [-0.2, -0.15) is 13.2 Å². The van der Waals surface area contributed by atoms with Crippen molar-refractivity contribution in [1.82, 2.24) is 4.98 Å². The predicted octanol–water partition coefficient (Wildman–Crippen LogP) is 2.89. The van der Waals surface area contributed by atoms with Gasteiger partial charge in [-0.1, -0.05) is 11.6 Å². The van der Waals surface area contributed by atoms with E-state index in [0.29, 0.717) is 6.07 Å². The lowest BCUT2D eigenvalue weighted by Gasteiger charge is -2.09. The number of rotatable bonds is 0. The van der Waals surface area contributed by atoms with E-state index in [1.165, 1.54) is 0 Å². The molecule has 2 N–H and O–H groups in total. The number of aromatic nitrogens is 1. The number of pyridine rings is 1. The molecule has 3 nitrogen and oxygen atoms in total. The first-order valence-corrected chi connectivity index (χ1v) is 3.64. The van der Waals surface area contributed by atoms with Crippen molar-refractivity contribution in [2.24, 2.45) is 0 Å². The summed E-state index contributed by atoms with van der Waals surface area (Å²) in [5.74, 6) is -0.366. The second-order valence-electron chi connectivity index (χ2n) is 2.34. The normalized spacial score (nSPS) is 11.1. The van der Waals surface area contributed by atoms with Crippen LogP contribution in [0.2, 0.25) is 5.15 Å². The Kier molecular flexibility index (Phi) is 2.53. The highest BCUT2D eigenvalue weighted by Gasteiger charge is 2.35. The summed E-state index contributed by atoms with van der Waals surface area (Å²) in [4.78, 5) is 6.01. The van der Waals surface area contributed by atoms with Crippen LogP contribution in [0, 0.1) is 6.57 Å². The molecule has 0 bridgehead atoms. The van der Waals surface area contributed by atoms with Crippen molar-refractivity contribution in [2.45, 2.75) is 6.18 Å². The average molecular weight is 222 g/mol. The molecular formula is C7H3ClF3N3. The molecule has 14 heavy (non-hydrogen) atoms. The zero-order chi connectivity index (χ0) is 10.9. The van der Waals surface area contributed by atoms with Gasteiger partial charge in [-0.25, -0.2) is 9.83 Å². The first kappa shape index (κ1) is 10.6. The first-order valence-electron chi connectivity index (χ1n) is 3.27. The van der Waals surface area contributed by atoms with Gasteiger partial charge in [-0.05, 0) is 6.07 Å². The van der Waals surface area contributed by atoms with E-state index in [-0.39, 0.29) is 5.82 Å². The highest BCUT2D eigenvalue weighted by Crippen LogP contribution is 2.40. The monoisotopic (exact) mass is 221 g/mol. The Morgan fingerprint density at radius 2 is 2.07 bits per heavy atom. The second kappa shape index (κ2) is 3.35. The van der Waals surface area contributed by atoms with Gasteiger partial charge in [0.1, 0.15) is 11.0 Å². The highest BCUT2D eigenvalue weighted by atomic mass is 35.5. The van der Waals surface area contributed by atoms with Crippen molar-refractivity contribution in [3.8, 4) is 0 Å². The molecule has 1 aromatic heterocycles. The smallest absolute Gasteiger partial charge is 0.384 e. The summed E-state index contributed by atoms with van der Waals surface area (Å²) in [6.07, 6.45) is -4.65. The van der Waals surface area contributed by atoms with Gasteiger partial charge in [0.25, 0.3) is 0 Å². The maximum absolute atomic E-state index is 12.3. The van der Waals surface area contributed by atoms with Crippen molar-refractivity contribution in [3.63, 3.8) is 0 Å². The van der Waals surface area contributed by atoms with Crippen molar-refractivity contribution in [2.75, 3.05) is 5.73 Å². The molecule has 0 fully saturated rings. The third kappa shape index (κ3) is 1.88. The van der Waals surface area contributed by atoms with Gasteiger partial charge in [0.2, 0.25) is 5.69 Å². The summed E-state index contributed by atoms with van der Waals surface area (Å²) in [6, 6.07) is 0.583. The van der Waals surface area contributed by atoms with Crippen molar-refractivity contribution in [1.29, 1.82) is 0 Å². The van der Waals surface area contributed by atoms with Crippen molar-refractivity contribution in [3.05, 3.63) is 28.2 Å².